The van der Waals surface area contributed by atoms with Crippen LogP contribution in [0, 0.1) is 0 Å². The van der Waals surface area contributed by atoms with Gasteiger partial charge in [-0.05, 0) is 56.2 Å². The molecule has 2 amide bonds. The van der Waals surface area contributed by atoms with Gasteiger partial charge in [0, 0.05) is 24.7 Å². The highest BCUT2D eigenvalue weighted by Crippen LogP contribution is 2.33. The molecule has 0 bridgehead atoms. The summed E-state index contributed by atoms with van der Waals surface area (Å²) in [6, 6.07) is 15.7. The number of likely N-dealkylation sites (tertiary alicyclic amines) is 1. The Kier molecular flexibility index (Phi) is 5.25. The van der Waals surface area contributed by atoms with Gasteiger partial charge in [0.2, 0.25) is 0 Å². The van der Waals surface area contributed by atoms with Gasteiger partial charge in [-0.25, -0.2) is 9.78 Å². The van der Waals surface area contributed by atoms with Crippen LogP contribution in [-0.4, -0.2) is 35.6 Å². The molecule has 0 spiro atoms. The Balaban J connectivity index is 1.33. The maximum Gasteiger partial charge on any atom is 0.321 e. The average Bonchev–Trinajstić information content (AvgIpc) is 3.14. The number of hydrogen-bond acceptors (Lipinski definition) is 4. The molecule has 0 unspecified atom stereocenters. The van der Waals surface area contributed by atoms with Crippen LogP contribution in [0.1, 0.15) is 30.7 Å². The lowest BCUT2D eigenvalue weighted by atomic mass is 9.98. The first kappa shape index (κ1) is 17.8. The molecule has 0 atom stereocenters. The summed E-state index contributed by atoms with van der Waals surface area (Å²) in [7, 11) is 0. The highest BCUT2D eigenvalue weighted by atomic mass is 32.1. The van der Waals surface area contributed by atoms with Gasteiger partial charge in [0.05, 0.1) is 21.8 Å². The molecule has 5 nitrogen and oxygen atoms in total. The Morgan fingerprint density at radius 1 is 1.19 bits per heavy atom. The number of carbonyl (C=O) groups is 1. The number of anilines is 1. The predicted octanol–water partition coefficient (Wildman–Crippen LogP) is 5.11. The van der Waals surface area contributed by atoms with E-state index in [0.717, 1.165) is 42.9 Å². The molecule has 1 fully saturated rings. The number of rotatable bonds is 4. The van der Waals surface area contributed by atoms with E-state index in [-0.39, 0.29) is 6.03 Å². The van der Waals surface area contributed by atoms with E-state index in [4.69, 9.17) is 9.72 Å². The molecule has 2 aromatic carbocycles. The van der Waals surface area contributed by atoms with Crippen LogP contribution < -0.4 is 10.1 Å². The van der Waals surface area contributed by atoms with E-state index in [9.17, 15) is 4.79 Å². The van der Waals surface area contributed by atoms with Crippen molar-refractivity contribution in [3.63, 3.8) is 0 Å². The van der Waals surface area contributed by atoms with Gasteiger partial charge in [0.15, 0.2) is 0 Å². The lowest BCUT2D eigenvalue weighted by Gasteiger charge is -2.31. The summed E-state index contributed by atoms with van der Waals surface area (Å²) in [6.07, 6.45) is 1.91. The van der Waals surface area contributed by atoms with Crippen LogP contribution >= 0.6 is 11.3 Å². The van der Waals surface area contributed by atoms with Gasteiger partial charge < -0.3 is 15.0 Å². The summed E-state index contributed by atoms with van der Waals surface area (Å²) in [5.74, 6) is 1.25. The highest BCUT2D eigenvalue weighted by molar-refractivity contribution is 7.18. The van der Waals surface area contributed by atoms with Gasteiger partial charge in [-0.3, -0.25) is 0 Å². The van der Waals surface area contributed by atoms with Gasteiger partial charge in [-0.1, -0.05) is 12.1 Å². The van der Waals surface area contributed by atoms with E-state index in [2.05, 4.69) is 23.5 Å². The first-order valence-electron chi connectivity index (χ1n) is 9.37. The largest absolute Gasteiger partial charge is 0.494 e. The fourth-order valence-corrected chi connectivity index (χ4v) is 4.53. The molecular weight excluding hydrogens is 358 g/mol. The van der Waals surface area contributed by atoms with Gasteiger partial charge in [-0.15, -0.1) is 11.3 Å². The lowest BCUT2D eigenvalue weighted by Crippen LogP contribution is -2.40. The molecule has 1 saturated heterocycles. The van der Waals surface area contributed by atoms with Gasteiger partial charge in [-0.2, -0.15) is 0 Å². The van der Waals surface area contributed by atoms with E-state index in [0.29, 0.717) is 12.5 Å². The number of carbonyl (C=O) groups excluding carboxylic acids is 1. The van der Waals surface area contributed by atoms with E-state index in [1.165, 1.54) is 9.71 Å². The fraction of sp³-hybridized carbons (Fsp3) is 0.333. The van der Waals surface area contributed by atoms with Crippen molar-refractivity contribution in [2.24, 2.45) is 0 Å². The summed E-state index contributed by atoms with van der Waals surface area (Å²) in [5, 5.41) is 4.17. The second-order valence-corrected chi connectivity index (χ2v) is 7.73. The van der Waals surface area contributed by atoms with Gasteiger partial charge in [0.1, 0.15) is 5.75 Å². The minimum Gasteiger partial charge on any atom is -0.494 e. The molecule has 6 heteroatoms. The molecule has 1 aliphatic rings. The minimum absolute atomic E-state index is 0.0399. The Morgan fingerprint density at radius 3 is 2.63 bits per heavy atom. The topological polar surface area (TPSA) is 54.5 Å². The van der Waals surface area contributed by atoms with Crippen molar-refractivity contribution < 1.29 is 9.53 Å². The zero-order valence-electron chi connectivity index (χ0n) is 15.4. The molecular formula is C21H23N3O2S. The van der Waals surface area contributed by atoms with E-state index in [1.807, 2.05) is 42.2 Å². The number of ether oxygens (including phenoxy) is 1. The van der Waals surface area contributed by atoms with Crippen LogP contribution in [0.5, 0.6) is 5.75 Å². The normalized spacial score (nSPS) is 15.1. The quantitative estimate of drug-likeness (QED) is 0.683. The molecule has 1 N–H and O–H groups in total. The number of piperidine rings is 1. The van der Waals surface area contributed by atoms with Crippen LogP contribution in [0.15, 0.2) is 48.5 Å². The monoisotopic (exact) mass is 381 g/mol. The molecule has 0 aliphatic carbocycles. The van der Waals surface area contributed by atoms with Crippen molar-refractivity contribution in [2.45, 2.75) is 25.7 Å². The Bertz CT molecular complexity index is 882. The van der Waals surface area contributed by atoms with Crippen LogP contribution in [0.2, 0.25) is 0 Å². The van der Waals surface area contributed by atoms with Crippen molar-refractivity contribution in [2.75, 3.05) is 25.0 Å². The van der Waals surface area contributed by atoms with Crippen molar-refractivity contribution >= 4 is 33.3 Å². The summed E-state index contributed by atoms with van der Waals surface area (Å²) in [4.78, 5) is 19.2. The number of nitrogens with zero attached hydrogens (tertiary/aromatic N) is 2. The van der Waals surface area contributed by atoms with E-state index in [1.54, 1.807) is 11.3 Å². The van der Waals surface area contributed by atoms with Crippen molar-refractivity contribution in [3.8, 4) is 5.75 Å². The standard InChI is InChI=1S/C21H23N3O2S/c1-2-26-17-9-7-16(8-10-17)22-21(25)24-13-11-15(12-14-24)20-23-18-5-3-4-6-19(18)27-20/h3-10,15H,2,11-14H2,1H3,(H,22,25). The Morgan fingerprint density at radius 2 is 1.93 bits per heavy atom. The van der Waals surface area contributed by atoms with Crippen LogP contribution in [0.4, 0.5) is 10.5 Å². The molecule has 27 heavy (non-hydrogen) atoms. The number of para-hydroxylation sites is 1. The first-order valence-corrected chi connectivity index (χ1v) is 10.2. The lowest BCUT2D eigenvalue weighted by molar-refractivity contribution is 0.194. The third kappa shape index (κ3) is 4.06. The third-order valence-corrected chi connectivity index (χ3v) is 6.06. The zero-order chi connectivity index (χ0) is 18.6. The molecule has 3 aromatic rings. The highest BCUT2D eigenvalue weighted by Gasteiger charge is 2.26. The van der Waals surface area contributed by atoms with Crippen LogP contribution in [-0.2, 0) is 0 Å². The number of benzene rings is 2. The third-order valence-electron chi connectivity index (χ3n) is 4.86. The average molecular weight is 382 g/mol. The molecule has 4 rings (SSSR count). The number of aromatic nitrogens is 1. The SMILES string of the molecule is CCOc1ccc(NC(=O)N2CCC(c3nc4ccccc4s3)CC2)cc1. The van der Waals surface area contributed by atoms with E-state index >= 15 is 0 Å². The van der Waals surface area contributed by atoms with Crippen molar-refractivity contribution in [3.05, 3.63) is 53.5 Å². The number of nitrogens with one attached hydrogen (secondary N) is 1. The van der Waals surface area contributed by atoms with Crippen LogP contribution in [0.25, 0.3) is 10.2 Å². The van der Waals surface area contributed by atoms with Crippen molar-refractivity contribution in [1.82, 2.24) is 9.88 Å². The second kappa shape index (κ2) is 7.96. The summed E-state index contributed by atoms with van der Waals surface area (Å²) in [5.41, 5.74) is 1.87. The zero-order valence-corrected chi connectivity index (χ0v) is 16.2. The number of thiazole rings is 1. The number of fused-ring (bicyclic) bond motifs is 1. The molecule has 140 valence electrons. The van der Waals surface area contributed by atoms with Gasteiger partial charge in [0.25, 0.3) is 0 Å². The Hall–Kier alpha value is -2.60. The predicted molar refractivity (Wildman–Crippen MR) is 110 cm³/mol. The Labute approximate surface area is 163 Å². The minimum atomic E-state index is -0.0399. The van der Waals surface area contributed by atoms with Crippen molar-refractivity contribution in [1.29, 1.82) is 0 Å². The number of hydrogen-bond donors (Lipinski definition) is 1. The summed E-state index contributed by atoms with van der Waals surface area (Å²) < 4.78 is 6.67. The molecule has 1 aromatic heterocycles. The smallest absolute Gasteiger partial charge is 0.321 e. The first-order chi connectivity index (χ1) is 13.2. The molecule has 2 heterocycles. The maximum absolute atomic E-state index is 12.5. The number of urea groups is 1. The summed E-state index contributed by atoms with van der Waals surface area (Å²) >= 11 is 1.78. The van der Waals surface area contributed by atoms with Gasteiger partial charge >= 0.3 is 6.03 Å². The fourth-order valence-electron chi connectivity index (χ4n) is 3.40. The molecule has 1 aliphatic heterocycles. The summed E-state index contributed by atoms with van der Waals surface area (Å²) in [6.45, 7) is 4.09. The van der Waals surface area contributed by atoms with E-state index < -0.39 is 0 Å². The van der Waals surface area contributed by atoms with Crippen LogP contribution in [0.3, 0.4) is 0 Å². The molecule has 0 radical (unpaired) electrons. The number of amides is 2. The second-order valence-electron chi connectivity index (χ2n) is 6.67. The maximum atomic E-state index is 12.5. The molecule has 0 saturated carbocycles.